The second kappa shape index (κ2) is 7.99. The minimum Gasteiger partial charge on any atom is -0.339 e. The van der Waals surface area contributed by atoms with E-state index in [1.807, 2.05) is 4.90 Å². The molecule has 132 valence electrons. The van der Waals surface area contributed by atoms with Crippen LogP contribution in [0, 0.1) is 5.41 Å². The number of piperidine rings is 2. The van der Waals surface area contributed by atoms with E-state index in [2.05, 4.69) is 10.6 Å². The summed E-state index contributed by atoms with van der Waals surface area (Å²) in [5, 5.41) is 6.14. The molecule has 0 bridgehead atoms. The Bertz CT molecular complexity index is 572. The number of hydrogen-bond acceptors (Lipinski definition) is 3. The van der Waals surface area contributed by atoms with Gasteiger partial charge in [0.1, 0.15) is 0 Å². The molecule has 2 heterocycles. The van der Waals surface area contributed by atoms with E-state index in [4.69, 9.17) is 0 Å². The summed E-state index contributed by atoms with van der Waals surface area (Å²) in [6, 6.07) is 7.16. The zero-order valence-electron chi connectivity index (χ0n) is 14.1. The normalized spacial score (nSPS) is 19.5. The predicted octanol–water partition coefficient (Wildman–Crippen LogP) is 2.67. The second-order valence-electron chi connectivity index (χ2n) is 6.80. The Morgan fingerprint density at radius 1 is 1.04 bits per heavy atom. The Balaban J connectivity index is 0.00000208. The molecule has 0 atom stereocenters. The van der Waals surface area contributed by atoms with Gasteiger partial charge >= 0.3 is 0 Å². The second-order valence-corrected chi connectivity index (χ2v) is 6.80. The maximum absolute atomic E-state index is 12.6. The third kappa shape index (κ3) is 4.28. The molecule has 0 aromatic heterocycles. The average Bonchev–Trinajstić information content (AvgIpc) is 2.56. The Hall–Kier alpha value is -1.59. The topological polar surface area (TPSA) is 61.4 Å². The summed E-state index contributed by atoms with van der Waals surface area (Å²) in [5.74, 6) is -0.00413. The van der Waals surface area contributed by atoms with Gasteiger partial charge in [-0.25, -0.2) is 0 Å². The Morgan fingerprint density at radius 2 is 1.62 bits per heavy atom. The molecular weight excluding hydrogens is 326 g/mol. The van der Waals surface area contributed by atoms with Crippen molar-refractivity contribution in [3.8, 4) is 0 Å². The van der Waals surface area contributed by atoms with Crippen LogP contribution >= 0.6 is 12.4 Å². The molecule has 2 aliphatic heterocycles. The zero-order chi connectivity index (χ0) is 16.3. The molecule has 2 saturated heterocycles. The maximum Gasteiger partial charge on any atom is 0.253 e. The number of halogens is 1. The fourth-order valence-corrected chi connectivity index (χ4v) is 3.72. The molecule has 5 nitrogen and oxygen atoms in total. The Kier molecular flexibility index (Phi) is 6.24. The van der Waals surface area contributed by atoms with Gasteiger partial charge in [0.05, 0.1) is 0 Å². The summed E-state index contributed by atoms with van der Waals surface area (Å²) < 4.78 is 0. The number of rotatable bonds is 2. The van der Waals surface area contributed by atoms with Gasteiger partial charge in [-0.3, -0.25) is 9.59 Å². The van der Waals surface area contributed by atoms with Crippen molar-refractivity contribution < 1.29 is 9.59 Å². The largest absolute Gasteiger partial charge is 0.339 e. The Morgan fingerprint density at radius 3 is 2.17 bits per heavy atom. The van der Waals surface area contributed by atoms with Crippen molar-refractivity contribution in [2.45, 2.75) is 32.6 Å². The predicted molar refractivity (Wildman–Crippen MR) is 97.7 cm³/mol. The van der Waals surface area contributed by atoms with E-state index < -0.39 is 0 Å². The smallest absolute Gasteiger partial charge is 0.253 e. The third-order valence-electron chi connectivity index (χ3n) is 5.23. The highest BCUT2D eigenvalue weighted by molar-refractivity contribution is 5.95. The minimum absolute atomic E-state index is 0. The van der Waals surface area contributed by atoms with Gasteiger partial charge < -0.3 is 15.5 Å². The number of likely N-dealkylation sites (tertiary alicyclic amines) is 1. The van der Waals surface area contributed by atoms with Gasteiger partial charge in [0, 0.05) is 31.3 Å². The summed E-state index contributed by atoms with van der Waals surface area (Å²) in [5.41, 5.74) is 1.87. The molecule has 1 aromatic rings. The Labute approximate surface area is 149 Å². The van der Waals surface area contributed by atoms with Gasteiger partial charge in [0.15, 0.2) is 0 Å². The number of benzene rings is 1. The van der Waals surface area contributed by atoms with E-state index in [9.17, 15) is 9.59 Å². The molecule has 2 aliphatic rings. The molecule has 3 rings (SSSR count). The SMILES string of the molecule is CC(=O)Nc1ccc(C(=O)N2CCC3(CCNCC3)CC2)cc1.Cl. The van der Waals surface area contributed by atoms with Crippen molar-refractivity contribution in [1.82, 2.24) is 10.2 Å². The molecule has 0 unspecified atom stereocenters. The first kappa shape index (κ1) is 18.7. The number of anilines is 1. The van der Waals surface area contributed by atoms with Gasteiger partial charge in [0.25, 0.3) is 5.91 Å². The van der Waals surface area contributed by atoms with E-state index in [1.165, 1.54) is 19.8 Å². The lowest BCUT2D eigenvalue weighted by atomic mass is 9.71. The molecule has 1 aromatic carbocycles. The fourth-order valence-electron chi connectivity index (χ4n) is 3.72. The summed E-state index contributed by atoms with van der Waals surface area (Å²) in [4.78, 5) is 25.6. The van der Waals surface area contributed by atoms with Crippen LogP contribution in [0.5, 0.6) is 0 Å². The molecule has 24 heavy (non-hydrogen) atoms. The van der Waals surface area contributed by atoms with Crippen LogP contribution in [0.1, 0.15) is 43.0 Å². The highest BCUT2D eigenvalue weighted by atomic mass is 35.5. The number of carbonyl (C=O) groups excluding carboxylic acids is 2. The quantitative estimate of drug-likeness (QED) is 0.861. The summed E-state index contributed by atoms with van der Waals surface area (Å²) >= 11 is 0. The van der Waals surface area contributed by atoms with Crippen molar-refractivity contribution in [3.05, 3.63) is 29.8 Å². The van der Waals surface area contributed by atoms with Crippen LogP contribution in [0.4, 0.5) is 5.69 Å². The summed E-state index contributed by atoms with van der Waals surface area (Å²) in [7, 11) is 0. The van der Waals surface area contributed by atoms with Gasteiger partial charge in [-0.15, -0.1) is 12.4 Å². The highest BCUT2D eigenvalue weighted by Gasteiger charge is 2.36. The van der Waals surface area contributed by atoms with Crippen LogP contribution in [-0.2, 0) is 4.79 Å². The first-order valence-electron chi connectivity index (χ1n) is 8.46. The van der Waals surface area contributed by atoms with E-state index in [0.717, 1.165) is 44.7 Å². The van der Waals surface area contributed by atoms with Crippen LogP contribution in [-0.4, -0.2) is 42.9 Å². The van der Waals surface area contributed by atoms with Gasteiger partial charge in [0.2, 0.25) is 5.91 Å². The van der Waals surface area contributed by atoms with Crippen LogP contribution in [0.25, 0.3) is 0 Å². The number of hydrogen-bond donors (Lipinski definition) is 2. The molecule has 0 aliphatic carbocycles. The molecule has 1 spiro atoms. The first-order chi connectivity index (χ1) is 11.1. The standard InChI is InChI=1S/C18H25N3O2.ClH/c1-14(22)20-16-4-2-15(3-5-16)17(23)21-12-8-18(9-13-21)6-10-19-11-7-18;/h2-5,19H,6-13H2,1H3,(H,20,22);1H. The van der Waals surface area contributed by atoms with Crippen molar-refractivity contribution in [1.29, 1.82) is 0 Å². The zero-order valence-corrected chi connectivity index (χ0v) is 15.0. The van der Waals surface area contributed by atoms with Crippen LogP contribution in [0.15, 0.2) is 24.3 Å². The van der Waals surface area contributed by atoms with Gasteiger partial charge in [-0.05, 0) is 68.5 Å². The van der Waals surface area contributed by atoms with E-state index >= 15 is 0 Å². The summed E-state index contributed by atoms with van der Waals surface area (Å²) in [6.07, 6.45) is 4.70. The van der Waals surface area contributed by atoms with E-state index in [0.29, 0.717) is 11.0 Å². The molecular formula is C18H26ClN3O2. The minimum atomic E-state index is -0.104. The average molecular weight is 352 g/mol. The van der Waals surface area contributed by atoms with Crippen molar-refractivity contribution in [2.24, 2.45) is 5.41 Å². The molecule has 6 heteroatoms. The molecule has 0 saturated carbocycles. The lowest BCUT2D eigenvalue weighted by Gasteiger charge is -2.44. The van der Waals surface area contributed by atoms with E-state index in [-0.39, 0.29) is 24.2 Å². The summed E-state index contributed by atoms with van der Waals surface area (Å²) in [6.45, 7) is 5.40. The number of nitrogens with one attached hydrogen (secondary N) is 2. The van der Waals surface area contributed by atoms with Crippen molar-refractivity contribution in [2.75, 3.05) is 31.5 Å². The highest BCUT2D eigenvalue weighted by Crippen LogP contribution is 2.39. The first-order valence-corrected chi connectivity index (χ1v) is 8.46. The number of nitrogens with zero attached hydrogens (tertiary/aromatic N) is 1. The fraction of sp³-hybridized carbons (Fsp3) is 0.556. The van der Waals surface area contributed by atoms with Crippen LogP contribution in [0.3, 0.4) is 0 Å². The lowest BCUT2D eigenvalue weighted by molar-refractivity contribution is -0.114. The molecule has 0 radical (unpaired) electrons. The van der Waals surface area contributed by atoms with Gasteiger partial charge in [-0.2, -0.15) is 0 Å². The molecule has 2 amide bonds. The molecule has 2 fully saturated rings. The third-order valence-corrected chi connectivity index (χ3v) is 5.23. The molecule has 2 N–H and O–H groups in total. The van der Waals surface area contributed by atoms with Crippen LogP contribution < -0.4 is 10.6 Å². The van der Waals surface area contributed by atoms with Gasteiger partial charge in [-0.1, -0.05) is 0 Å². The maximum atomic E-state index is 12.6. The van der Waals surface area contributed by atoms with Crippen molar-refractivity contribution >= 4 is 29.9 Å². The number of carbonyl (C=O) groups is 2. The monoisotopic (exact) mass is 351 g/mol. The van der Waals surface area contributed by atoms with E-state index in [1.54, 1.807) is 24.3 Å². The number of amides is 2. The van der Waals surface area contributed by atoms with Crippen molar-refractivity contribution in [3.63, 3.8) is 0 Å². The van der Waals surface area contributed by atoms with Crippen LogP contribution in [0.2, 0.25) is 0 Å². The lowest BCUT2D eigenvalue weighted by Crippen LogP contribution is -2.47.